The first-order valence-corrected chi connectivity index (χ1v) is 18.9. The van der Waals surface area contributed by atoms with E-state index < -0.39 is 29.5 Å². The molecule has 0 aliphatic rings. The van der Waals surface area contributed by atoms with Gasteiger partial charge in [-0.15, -0.1) is 0 Å². The van der Waals surface area contributed by atoms with E-state index in [0.29, 0.717) is 34.5 Å². The van der Waals surface area contributed by atoms with Gasteiger partial charge in [0.05, 0.1) is 48.7 Å². The van der Waals surface area contributed by atoms with Gasteiger partial charge in [-0.05, 0) is 104 Å². The van der Waals surface area contributed by atoms with Crippen molar-refractivity contribution in [1.82, 2.24) is 24.5 Å². The van der Waals surface area contributed by atoms with Crippen LogP contribution < -0.4 is 25.4 Å². The molecule has 3 aromatic heterocycles. The van der Waals surface area contributed by atoms with Gasteiger partial charge in [0.2, 0.25) is 11.9 Å². The molecule has 2 amide bonds. The fraction of sp³-hybridized carbons (Fsp3) is 0.109. The SMILES string of the molecule is COc1ccc(/C=C/C(=O)Nc2ccccc2C(=O)O)cc1OC.Cc1cn(-c2cc(NC(=O)c3ccc(C)c(Nc4nccc(-c5cccnc5)n4)c3)cc(C(F)(F)F)c2)cn1. The smallest absolute Gasteiger partial charge is 0.416 e. The predicted octanol–water partition coefficient (Wildman–Crippen LogP) is 9.41. The van der Waals surface area contributed by atoms with Gasteiger partial charge in [0.1, 0.15) is 0 Å². The molecular weight excluding hydrogens is 818 g/mol. The fourth-order valence-corrected chi connectivity index (χ4v) is 5.96. The van der Waals surface area contributed by atoms with Gasteiger partial charge in [-0.1, -0.05) is 24.3 Å². The number of carboxylic acids is 1. The molecule has 0 aliphatic heterocycles. The molecule has 0 saturated carbocycles. The normalized spacial score (nSPS) is 11.0. The number of carbonyl (C=O) groups is 3. The van der Waals surface area contributed by atoms with Crippen LogP contribution in [0.1, 0.15) is 43.1 Å². The summed E-state index contributed by atoms with van der Waals surface area (Å²) in [6.45, 7) is 3.58. The number of nitrogens with zero attached hydrogens (tertiary/aromatic N) is 5. The molecule has 0 atom stereocenters. The van der Waals surface area contributed by atoms with E-state index in [-0.39, 0.29) is 28.2 Å². The zero-order chi connectivity index (χ0) is 45.1. The lowest BCUT2D eigenvalue weighted by atomic mass is 10.1. The number of amides is 2. The van der Waals surface area contributed by atoms with Crippen LogP contribution in [0.15, 0.2) is 134 Å². The number of aromatic carboxylic acids is 1. The Kier molecular flexibility index (Phi) is 13.9. The number of alkyl halides is 3. The number of hydrogen-bond donors (Lipinski definition) is 4. The Morgan fingerprint density at radius 3 is 2.30 bits per heavy atom. The van der Waals surface area contributed by atoms with Crippen molar-refractivity contribution >= 4 is 46.9 Å². The molecule has 0 fully saturated rings. The van der Waals surface area contributed by atoms with Crippen LogP contribution in [0, 0.1) is 13.8 Å². The first-order valence-electron chi connectivity index (χ1n) is 18.9. The average Bonchev–Trinajstić information content (AvgIpc) is 3.72. The third kappa shape index (κ3) is 11.7. The van der Waals surface area contributed by atoms with E-state index in [2.05, 4.69) is 35.9 Å². The van der Waals surface area contributed by atoms with Crippen molar-refractivity contribution < 1.29 is 42.1 Å². The number of aromatic nitrogens is 5. The number of rotatable bonds is 12. The van der Waals surface area contributed by atoms with E-state index in [9.17, 15) is 27.6 Å². The lowest BCUT2D eigenvalue weighted by Crippen LogP contribution is -2.14. The van der Waals surface area contributed by atoms with E-state index >= 15 is 0 Å². The lowest BCUT2D eigenvalue weighted by molar-refractivity contribution is -0.137. The number of ether oxygens (including phenoxy) is 2. The largest absolute Gasteiger partial charge is 0.493 e. The maximum absolute atomic E-state index is 13.6. The summed E-state index contributed by atoms with van der Waals surface area (Å²) in [4.78, 5) is 53.2. The minimum Gasteiger partial charge on any atom is -0.493 e. The molecule has 4 aromatic carbocycles. The molecule has 0 bridgehead atoms. The van der Waals surface area contributed by atoms with Crippen molar-refractivity contribution in [3.05, 3.63) is 168 Å². The van der Waals surface area contributed by atoms with Crippen LogP contribution in [-0.4, -0.2) is 61.6 Å². The topological polar surface area (TPSA) is 182 Å². The van der Waals surface area contributed by atoms with Crippen LogP contribution in [0.5, 0.6) is 11.5 Å². The number of halogens is 3. The highest BCUT2D eigenvalue weighted by molar-refractivity contribution is 6.06. The second-order valence-electron chi connectivity index (χ2n) is 13.6. The molecule has 7 rings (SSSR count). The van der Waals surface area contributed by atoms with Gasteiger partial charge in [-0.25, -0.2) is 19.7 Å². The molecule has 17 heteroatoms. The zero-order valence-corrected chi connectivity index (χ0v) is 34.1. The van der Waals surface area contributed by atoms with Crippen molar-refractivity contribution in [2.45, 2.75) is 20.0 Å². The van der Waals surface area contributed by atoms with Crippen LogP contribution in [0.25, 0.3) is 23.0 Å². The molecule has 3 heterocycles. The maximum Gasteiger partial charge on any atom is 0.416 e. The minimum atomic E-state index is -4.60. The van der Waals surface area contributed by atoms with Gasteiger partial charge in [0, 0.05) is 59.1 Å². The molecule has 63 heavy (non-hydrogen) atoms. The van der Waals surface area contributed by atoms with Crippen LogP contribution >= 0.6 is 0 Å². The van der Waals surface area contributed by atoms with Gasteiger partial charge < -0.3 is 35.1 Å². The van der Waals surface area contributed by atoms with E-state index in [1.54, 1.807) is 106 Å². The number of methoxy groups -OCH3 is 2. The summed E-state index contributed by atoms with van der Waals surface area (Å²) in [5, 5.41) is 17.4. The molecule has 7 aromatic rings. The molecule has 14 nitrogen and oxygen atoms in total. The van der Waals surface area contributed by atoms with Gasteiger partial charge in [0.15, 0.2) is 11.5 Å². The standard InChI is InChI=1S/C28H22F3N7O.C18H17NO5/c1-17-5-6-19(10-25(17)37-27-33-9-7-24(36-27)20-4-3-8-32-14-20)26(39)35-22-11-21(28(29,30)31)12-23(13-22)38-15-18(2)34-16-38;1-23-15-9-7-12(11-16(15)24-2)8-10-17(20)19-14-6-4-3-5-13(14)18(21)22/h3-16H,1-2H3,(H,35,39)(H,33,36,37);3-11H,1-2H3,(H,19,20)(H,21,22)/b;10-8+. The van der Waals surface area contributed by atoms with E-state index in [0.717, 1.165) is 28.8 Å². The van der Waals surface area contributed by atoms with Gasteiger partial charge in [-0.3, -0.25) is 14.6 Å². The molecule has 320 valence electrons. The number of nitrogens with one attached hydrogen (secondary N) is 3. The Morgan fingerprint density at radius 2 is 1.60 bits per heavy atom. The molecule has 0 radical (unpaired) electrons. The number of aryl methyl sites for hydroxylation is 2. The molecule has 0 saturated heterocycles. The van der Waals surface area contributed by atoms with Crippen LogP contribution in [0.4, 0.5) is 36.2 Å². The Hall–Kier alpha value is -8.34. The van der Waals surface area contributed by atoms with Crippen molar-refractivity contribution in [3.63, 3.8) is 0 Å². The third-order valence-corrected chi connectivity index (χ3v) is 9.12. The maximum atomic E-state index is 13.6. The van der Waals surface area contributed by atoms with Gasteiger partial charge in [-0.2, -0.15) is 13.2 Å². The highest BCUT2D eigenvalue weighted by Gasteiger charge is 2.31. The van der Waals surface area contributed by atoms with Crippen molar-refractivity contribution in [3.8, 4) is 28.4 Å². The lowest BCUT2D eigenvalue weighted by Gasteiger charge is -2.14. The van der Waals surface area contributed by atoms with E-state index in [1.165, 1.54) is 42.3 Å². The zero-order valence-electron chi connectivity index (χ0n) is 34.1. The number of anilines is 4. The van der Waals surface area contributed by atoms with E-state index in [4.69, 9.17) is 14.6 Å². The number of imidazole rings is 1. The summed E-state index contributed by atoms with van der Waals surface area (Å²) >= 11 is 0. The summed E-state index contributed by atoms with van der Waals surface area (Å²) in [7, 11) is 3.07. The molecular formula is C46H39F3N8O6. The molecule has 0 unspecified atom stereocenters. The van der Waals surface area contributed by atoms with Crippen LogP contribution in [-0.2, 0) is 11.0 Å². The summed E-state index contributed by atoms with van der Waals surface area (Å²) in [5.41, 5.74) is 4.11. The number of para-hydroxylation sites is 1. The molecule has 0 spiro atoms. The first kappa shape index (κ1) is 44.2. The van der Waals surface area contributed by atoms with Crippen molar-refractivity contribution in [1.29, 1.82) is 0 Å². The van der Waals surface area contributed by atoms with E-state index in [1.807, 2.05) is 13.0 Å². The quantitative estimate of drug-likeness (QED) is 0.0859. The average molecular weight is 857 g/mol. The Bertz CT molecular complexity index is 2790. The van der Waals surface area contributed by atoms with Crippen LogP contribution in [0.3, 0.4) is 0 Å². The second-order valence-corrected chi connectivity index (χ2v) is 13.6. The first-order chi connectivity index (χ1) is 30.2. The highest BCUT2D eigenvalue weighted by Crippen LogP contribution is 2.34. The summed E-state index contributed by atoms with van der Waals surface area (Å²) in [6, 6.07) is 25.2. The summed E-state index contributed by atoms with van der Waals surface area (Å²) in [5.74, 6) is -0.649. The highest BCUT2D eigenvalue weighted by atomic mass is 19.4. The Labute approximate surface area is 359 Å². The summed E-state index contributed by atoms with van der Waals surface area (Å²) in [6.07, 6.45) is 6.30. The Balaban J connectivity index is 0.000000236. The number of hydrogen-bond acceptors (Lipinski definition) is 10. The minimum absolute atomic E-state index is 0.00114. The van der Waals surface area contributed by atoms with Crippen molar-refractivity contribution in [2.75, 3.05) is 30.2 Å². The Morgan fingerprint density at radius 1 is 0.810 bits per heavy atom. The number of carboxylic acid groups (broad SMARTS) is 1. The fourth-order valence-electron chi connectivity index (χ4n) is 5.96. The number of pyridine rings is 1. The van der Waals surface area contributed by atoms with Crippen molar-refractivity contribution in [2.24, 2.45) is 0 Å². The van der Waals surface area contributed by atoms with Gasteiger partial charge in [0.25, 0.3) is 5.91 Å². The molecule has 4 N–H and O–H groups in total. The summed E-state index contributed by atoms with van der Waals surface area (Å²) < 4.78 is 52.6. The monoisotopic (exact) mass is 856 g/mol. The second kappa shape index (κ2) is 19.8. The molecule has 0 aliphatic carbocycles. The van der Waals surface area contributed by atoms with Crippen LogP contribution in [0.2, 0.25) is 0 Å². The number of carbonyl (C=O) groups excluding carboxylic acids is 2. The third-order valence-electron chi connectivity index (χ3n) is 9.12. The predicted molar refractivity (Wildman–Crippen MR) is 232 cm³/mol. The van der Waals surface area contributed by atoms with Gasteiger partial charge >= 0.3 is 12.1 Å². The number of benzene rings is 4.